The van der Waals surface area contributed by atoms with Crippen LogP contribution in [0.4, 0.5) is 0 Å². The molecule has 0 unspecified atom stereocenters. The van der Waals surface area contributed by atoms with E-state index in [2.05, 4.69) is 27.7 Å². The molecular weight excluding hydrogens is 396 g/mol. The van der Waals surface area contributed by atoms with Crippen LogP contribution in [0.3, 0.4) is 0 Å². The van der Waals surface area contributed by atoms with Crippen LogP contribution in [0.15, 0.2) is 0 Å². The van der Waals surface area contributed by atoms with Gasteiger partial charge in [-0.1, -0.05) is 142 Å². The minimum absolute atomic E-state index is 0.819. The van der Waals surface area contributed by atoms with Crippen molar-refractivity contribution in [2.75, 3.05) is 13.2 Å². The normalized spacial score (nSPS) is 12.0. The Morgan fingerprint density at radius 3 is 0.871 bits per heavy atom. The van der Waals surface area contributed by atoms with Gasteiger partial charge in [0.05, 0.1) is 0 Å². The number of unbranched alkanes of at least 4 members (excludes halogenated alkanes) is 18. The number of hydrogen-bond donors (Lipinski definition) is 0. The Kier molecular flexibility index (Phi) is 24.9. The lowest BCUT2D eigenvalue weighted by Gasteiger charge is -2.30. The summed E-state index contributed by atoms with van der Waals surface area (Å²) < 4.78 is 12.6. The lowest BCUT2D eigenvalue weighted by molar-refractivity contribution is 0.180. The highest BCUT2D eigenvalue weighted by Gasteiger charge is 2.35. The second-order valence-corrected chi connectivity index (χ2v) is 13.0. The predicted octanol–water partition coefficient (Wildman–Crippen LogP) is 10.3. The largest absolute Gasteiger partial charge is 0.394 e. The average molecular weight is 457 g/mol. The maximum Gasteiger partial charge on any atom is 0.338 e. The average Bonchev–Trinajstić information content (AvgIpc) is 2.76. The molecule has 0 saturated heterocycles. The zero-order valence-electron chi connectivity index (χ0n) is 22.3. The Bertz CT molecular complexity index is 329. The molecule has 0 aliphatic carbocycles. The molecule has 0 aliphatic rings. The smallest absolute Gasteiger partial charge is 0.338 e. The molecule has 188 valence electrons. The minimum atomic E-state index is -1.96. The molecule has 0 spiro atoms. The standard InChI is InChI=1S/C28H60O2Si/c1-5-9-11-13-14-15-16-17-18-19-20-21-22-24-26-28-31(29-7-3,30-8-4)27-25-23-12-10-6-2/h5-28H2,1-4H3. The van der Waals surface area contributed by atoms with Crippen molar-refractivity contribution in [2.45, 2.75) is 168 Å². The van der Waals surface area contributed by atoms with Crippen LogP contribution in [0.2, 0.25) is 12.1 Å². The third kappa shape index (κ3) is 20.5. The van der Waals surface area contributed by atoms with Crippen LogP contribution in [-0.2, 0) is 8.85 Å². The fourth-order valence-electron chi connectivity index (χ4n) is 4.74. The molecule has 0 saturated carbocycles. The van der Waals surface area contributed by atoms with Crippen molar-refractivity contribution in [3.05, 3.63) is 0 Å². The monoisotopic (exact) mass is 456 g/mol. The van der Waals surface area contributed by atoms with Gasteiger partial charge in [0.15, 0.2) is 0 Å². The first kappa shape index (κ1) is 31.1. The van der Waals surface area contributed by atoms with Crippen LogP contribution in [0.1, 0.15) is 156 Å². The van der Waals surface area contributed by atoms with Gasteiger partial charge in [-0.2, -0.15) is 0 Å². The van der Waals surface area contributed by atoms with Gasteiger partial charge in [-0.05, 0) is 25.9 Å². The Morgan fingerprint density at radius 1 is 0.355 bits per heavy atom. The minimum Gasteiger partial charge on any atom is -0.394 e. The van der Waals surface area contributed by atoms with Crippen LogP contribution in [-0.4, -0.2) is 21.8 Å². The molecule has 31 heavy (non-hydrogen) atoms. The Labute approximate surface area is 198 Å². The van der Waals surface area contributed by atoms with Crippen molar-refractivity contribution in [3.8, 4) is 0 Å². The van der Waals surface area contributed by atoms with E-state index in [-0.39, 0.29) is 0 Å². The van der Waals surface area contributed by atoms with E-state index in [1.807, 2.05) is 0 Å². The molecule has 2 nitrogen and oxygen atoms in total. The third-order valence-corrected chi connectivity index (χ3v) is 10.5. The van der Waals surface area contributed by atoms with E-state index in [0.717, 1.165) is 13.2 Å². The van der Waals surface area contributed by atoms with E-state index < -0.39 is 8.56 Å². The van der Waals surface area contributed by atoms with Crippen LogP contribution in [0.25, 0.3) is 0 Å². The van der Waals surface area contributed by atoms with Crippen LogP contribution < -0.4 is 0 Å². The summed E-state index contributed by atoms with van der Waals surface area (Å²) >= 11 is 0. The van der Waals surface area contributed by atoms with Crippen LogP contribution >= 0.6 is 0 Å². The first-order valence-corrected chi connectivity index (χ1v) is 16.8. The fourth-order valence-corrected chi connectivity index (χ4v) is 8.29. The van der Waals surface area contributed by atoms with E-state index >= 15 is 0 Å². The van der Waals surface area contributed by atoms with Crippen molar-refractivity contribution >= 4 is 8.56 Å². The second kappa shape index (κ2) is 24.8. The lowest BCUT2D eigenvalue weighted by atomic mass is 10.0. The lowest BCUT2D eigenvalue weighted by Crippen LogP contribution is -2.42. The molecule has 0 heterocycles. The summed E-state index contributed by atoms with van der Waals surface area (Å²) in [6, 6.07) is 2.41. The van der Waals surface area contributed by atoms with Gasteiger partial charge in [-0.25, -0.2) is 0 Å². The fraction of sp³-hybridized carbons (Fsp3) is 1.00. The van der Waals surface area contributed by atoms with Crippen molar-refractivity contribution in [2.24, 2.45) is 0 Å². The van der Waals surface area contributed by atoms with Gasteiger partial charge in [-0.15, -0.1) is 0 Å². The second-order valence-electron chi connectivity index (χ2n) is 9.64. The number of hydrogen-bond acceptors (Lipinski definition) is 2. The molecule has 0 radical (unpaired) electrons. The molecular formula is C28H60O2Si. The molecule has 0 amide bonds. The van der Waals surface area contributed by atoms with Gasteiger partial charge in [0.25, 0.3) is 0 Å². The first-order valence-electron chi connectivity index (χ1n) is 14.5. The molecule has 0 atom stereocenters. The van der Waals surface area contributed by atoms with Gasteiger partial charge in [0.2, 0.25) is 0 Å². The van der Waals surface area contributed by atoms with Gasteiger partial charge < -0.3 is 8.85 Å². The van der Waals surface area contributed by atoms with Crippen LogP contribution in [0, 0.1) is 0 Å². The predicted molar refractivity (Wildman–Crippen MR) is 142 cm³/mol. The molecule has 0 aromatic rings. The Morgan fingerprint density at radius 2 is 0.613 bits per heavy atom. The summed E-state index contributed by atoms with van der Waals surface area (Å²) in [5.41, 5.74) is 0. The summed E-state index contributed by atoms with van der Waals surface area (Å²) in [6.45, 7) is 10.5. The number of rotatable bonds is 26. The van der Waals surface area contributed by atoms with Gasteiger partial charge >= 0.3 is 8.56 Å². The zero-order chi connectivity index (χ0) is 22.9. The highest BCUT2D eigenvalue weighted by molar-refractivity contribution is 6.67. The van der Waals surface area contributed by atoms with E-state index in [1.165, 1.54) is 141 Å². The molecule has 0 aliphatic heterocycles. The maximum absolute atomic E-state index is 6.31. The molecule has 0 bridgehead atoms. The van der Waals surface area contributed by atoms with Gasteiger partial charge in [0.1, 0.15) is 0 Å². The van der Waals surface area contributed by atoms with Crippen molar-refractivity contribution in [1.82, 2.24) is 0 Å². The molecule has 0 aromatic carbocycles. The van der Waals surface area contributed by atoms with E-state index in [9.17, 15) is 0 Å². The zero-order valence-corrected chi connectivity index (χ0v) is 23.3. The molecule has 0 aromatic heterocycles. The third-order valence-electron chi connectivity index (χ3n) is 6.64. The van der Waals surface area contributed by atoms with Crippen molar-refractivity contribution in [1.29, 1.82) is 0 Å². The summed E-state index contributed by atoms with van der Waals surface area (Å²) in [5, 5.41) is 0. The van der Waals surface area contributed by atoms with Crippen molar-refractivity contribution < 1.29 is 8.85 Å². The van der Waals surface area contributed by atoms with Gasteiger partial charge in [0, 0.05) is 13.2 Å². The quantitative estimate of drug-likeness (QED) is 0.0951. The summed E-state index contributed by atoms with van der Waals surface area (Å²) in [7, 11) is -1.96. The summed E-state index contributed by atoms with van der Waals surface area (Å²) in [4.78, 5) is 0. The highest BCUT2D eigenvalue weighted by atomic mass is 28.4. The van der Waals surface area contributed by atoms with E-state index in [0.29, 0.717) is 0 Å². The van der Waals surface area contributed by atoms with Crippen molar-refractivity contribution in [3.63, 3.8) is 0 Å². The molecule has 3 heteroatoms. The molecule has 0 fully saturated rings. The van der Waals surface area contributed by atoms with Gasteiger partial charge in [-0.3, -0.25) is 0 Å². The molecule has 0 N–H and O–H groups in total. The first-order chi connectivity index (χ1) is 15.2. The topological polar surface area (TPSA) is 18.5 Å². The summed E-state index contributed by atoms with van der Waals surface area (Å²) in [5.74, 6) is 0. The van der Waals surface area contributed by atoms with E-state index in [4.69, 9.17) is 8.85 Å². The Hall–Kier alpha value is 0.137. The Balaban J connectivity index is 3.72. The van der Waals surface area contributed by atoms with E-state index in [1.54, 1.807) is 0 Å². The van der Waals surface area contributed by atoms with Crippen LogP contribution in [0.5, 0.6) is 0 Å². The molecule has 0 rings (SSSR count). The maximum atomic E-state index is 6.31. The summed E-state index contributed by atoms with van der Waals surface area (Å²) in [6.07, 6.45) is 28.1. The highest BCUT2D eigenvalue weighted by Crippen LogP contribution is 2.26. The SMILES string of the molecule is CCCCCCCCCCCCCCCCC[Si](CCCCCCC)(OCC)OCC.